The van der Waals surface area contributed by atoms with Gasteiger partial charge in [-0.1, -0.05) is 41.7 Å². The highest BCUT2D eigenvalue weighted by atomic mass is 32.1. The Morgan fingerprint density at radius 3 is 2.57 bits per heavy atom. The summed E-state index contributed by atoms with van der Waals surface area (Å²) in [6, 6.07) is 9.45. The molecule has 0 unspecified atom stereocenters. The van der Waals surface area contributed by atoms with E-state index in [1.165, 1.54) is 16.2 Å². The molecule has 2 aromatic rings. The number of benzene rings is 1. The molecule has 5 nitrogen and oxygen atoms in total. The third-order valence-electron chi connectivity index (χ3n) is 3.80. The molecular formula is C15H15N3O2S. The average molecular weight is 301 g/mol. The number of carbonyl (C=O) groups is 2. The van der Waals surface area contributed by atoms with Gasteiger partial charge in [0.25, 0.3) is 0 Å². The second-order valence-electron chi connectivity index (χ2n) is 5.37. The Labute approximate surface area is 126 Å². The van der Waals surface area contributed by atoms with E-state index in [1.54, 1.807) is 0 Å². The van der Waals surface area contributed by atoms with Crippen LogP contribution < -0.4 is 0 Å². The van der Waals surface area contributed by atoms with Crippen LogP contribution in [0.5, 0.6) is 0 Å². The number of amides is 2. The summed E-state index contributed by atoms with van der Waals surface area (Å²) in [5.74, 6) is -0.314. The normalized spacial score (nSPS) is 22.1. The summed E-state index contributed by atoms with van der Waals surface area (Å²) in [5, 5.41) is 9.43. The summed E-state index contributed by atoms with van der Waals surface area (Å²) < 4.78 is 0. The Morgan fingerprint density at radius 1 is 1.24 bits per heavy atom. The fraction of sp³-hybridized carbons (Fsp3) is 0.333. The van der Waals surface area contributed by atoms with Crippen LogP contribution in [0.25, 0.3) is 0 Å². The quantitative estimate of drug-likeness (QED) is 0.814. The van der Waals surface area contributed by atoms with E-state index in [0.717, 1.165) is 10.6 Å². The van der Waals surface area contributed by atoms with Crippen molar-refractivity contribution < 1.29 is 9.59 Å². The first-order valence-corrected chi connectivity index (χ1v) is 7.51. The third kappa shape index (κ3) is 2.35. The van der Waals surface area contributed by atoms with Crippen LogP contribution in [-0.2, 0) is 21.5 Å². The number of nitrogens with zero attached hydrogens (tertiary/aromatic N) is 3. The molecule has 0 aliphatic carbocycles. The van der Waals surface area contributed by atoms with Gasteiger partial charge >= 0.3 is 0 Å². The zero-order chi connectivity index (χ0) is 15.0. The highest BCUT2D eigenvalue weighted by Gasteiger charge is 2.49. The molecule has 108 valence electrons. The van der Waals surface area contributed by atoms with Crippen LogP contribution in [0.15, 0.2) is 30.3 Å². The van der Waals surface area contributed by atoms with E-state index in [-0.39, 0.29) is 24.8 Å². The molecule has 3 rings (SSSR count). The van der Waals surface area contributed by atoms with Crippen molar-refractivity contribution in [3.05, 3.63) is 45.9 Å². The second kappa shape index (κ2) is 5.04. The van der Waals surface area contributed by atoms with E-state index in [4.69, 9.17) is 0 Å². The number of hydrogen-bond acceptors (Lipinski definition) is 5. The van der Waals surface area contributed by atoms with Gasteiger partial charge in [-0.05, 0) is 19.4 Å². The number of imide groups is 1. The Morgan fingerprint density at radius 2 is 1.95 bits per heavy atom. The zero-order valence-electron chi connectivity index (χ0n) is 11.9. The molecule has 6 heteroatoms. The fourth-order valence-electron chi connectivity index (χ4n) is 2.61. The first-order valence-electron chi connectivity index (χ1n) is 6.70. The van der Waals surface area contributed by atoms with Crippen LogP contribution in [0.2, 0.25) is 0 Å². The average Bonchev–Trinajstić information content (AvgIpc) is 2.98. The van der Waals surface area contributed by atoms with Crippen molar-refractivity contribution in [1.29, 1.82) is 0 Å². The molecule has 1 aromatic carbocycles. The van der Waals surface area contributed by atoms with Gasteiger partial charge in [-0.15, -0.1) is 10.2 Å². The summed E-state index contributed by atoms with van der Waals surface area (Å²) >= 11 is 1.41. The van der Waals surface area contributed by atoms with Gasteiger partial charge in [0, 0.05) is 6.42 Å². The molecule has 1 aliphatic heterocycles. The van der Waals surface area contributed by atoms with Crippen LogP contribution in [0.1, 0.15) is 28.9 Å². The molecule has 1 aromatic heterocycles. The van der Waals surface area contributed by atoms with Gasteiger partial charge in [0.1, 0.15) is 10.0 Å². The van der Waals surface area contributed by atoms with Crippen molar-refractivity contribution in [1.82, 2.24) is 15.1 Å². The number of carbonyl (C=O) groups excluding carboxylic acids is 2. The fourth-order valence-corrected chi connectivity index (χ4v) is 3.31. The summed E-state index contributed by atoms with van der Waals surface area (Å²) in [6.07, 6.45) is 0.202. The van der Waals surface area contributed by atoms with Crippen LogP contribution in [0.3, 0.4) is 0 Å². The first kappa shape index (κ1) is 13.9. The van der Waals surface area contributed by atoms with Gasteiger partial charge in [-0.2, -0.15) is 0 Å². The summed E-state index contributed by atoms with van der Waals surface area (Å²) in [6.45, 7) is 3.89. The molecule has 1 fully saturated rings. The summed E-state index contributed by atoms with van der Waals surface area (Å²) in [7, 11) is 0. The molecule has 0 radical (unpaired) electrons. The molecule has 0 spiro atoms. The highest BCUT2D eigenvalue weighted by Crippen LogP contribution is 2.36. The monoisotopic (exact) mass is 301 g/mol. The largest absolute Gasteiger partial charge is 0.275 e. The topological polar surface area (TPSA) is 63.2 Å². The van der Waals surface area contributed by atoms with Gasteiger partial charge in [-0.3, -0.25) is 14.5 Å². The van der Waals surface area contributed by atoms with Gasteiger partial charge in [0.05, 0.1) is 12.0 Å². The molecular weight excluding hydrogens is 286 g/mol. The minimum atomic E-state index is -0.780. The Kier molecular flexibility index (Phi) is 3.33. The molecule has 1 saturated heterocycles. The molecule has 0 bridgehead atoms. The molecule has 1 aliphatic rings. The highest BCUT2D eigenvalue weighted by molar-refractivity contribution is 7.11. The number of aryl methyl sites for hydroxylation is 1. The van der Waals surface area contributed by atoms with Crippen molar-refractivity contribution in [2.24, 2.45) is 0 Å². The maximum absolute atomic E-state index is 12.7. The van der Waals surface area contributed by atoms with Crippen LogP contribution in [0.4, 0.5) is 0 Å². The Balaban J connectivity index is 1.88. The van der Waals surface area contributed by atoms with Crippen molar-refractivity contribution in [3.8, 4) is 0 Å². The maximum atomic E-state index is 12.7. The summed E-state index contributed by atoms with van der Waals surface area (Å²) in [4.78, 5) is 26.3. The van der Waals surface area contributed by atoms with E-state index < -0.39 is 5.41 Å². The second-order valence-corrected chi connectivity index (χ2v) is 6.64. The lowest BCUT2D eigenvalue weighted by molar-refractivity contribution is -0.140. The molecule has 1 atom stereocenters. The molecule has 21 heavy (non-hydrogen) atoms. The predicted molar refractivity (Wildman–Crippen MR) is 78.6 cm³/mol. The van der Waals surface area contributed by atoms with Crippen LogP contribution in [-0.4, -0.2) is 26.9 Å². The first-order chi connectivity index (χ1) is 10.0. The number of rotatable bonds is 3. The zero-order valence-corrected chi connectivity index (χ0v) is 12.7. The van der Waals surface area contributed by atoms with Crippen LogP contribution >= 0.6 is 11.3 Å². The molecule has 2 amide bonds. The van der Waals surface area contributed by atoms with Gasteiger partial charge < -0.3 is 0 Å². The smallest absolute Gasteiger partial charge is 0.240 e. The van der Waals surface area contributed by atoms with E-state index in [9.17, 15) is 9.59 Å². The minimum absolute atomic E-state index is 0.154. The lowest BCUT2D eigenvalue weighted by Crippen LogP contribution is -2.36. The standard InChI is InChI=1S/C15H15N3O2S/c1-10-16-17-12(21-10)9-18-13(19)8-15(2,14(18)20)11-6-4-3-5-7-11/h3-7H,8-9H2,1-2H3/t15-/m0/s1. The Bertz CT molecular complexity index is 698. The van der Waals surface area contributed by atoms with Gasteiger partial charge in [0.15, 0.2) is 0 Å². The number of hydrogen-bond donors (Lipinski definition) is 0. The number of aromatic nitrogens is 2. The van der Waals surface area contributed by atoms with Gasteiger partial charge in [0.2, 0.25) is 11.8 Å². The van der Waals surface area contributed by atoms with E-state index in [1.807, 2.05) is 44.2 Å². The SMILES string of the molecule is Cc1nnc(CN2C(=O)C[C@@](C)(c3ccccc3)C2=O)s1. The van der Waals surface area contributed by atoms with E-state index >= 15 is 0 Å². The Hall–Kier alpha value is -2.08. The minimum Gasteiger partial charge on any atom is -0.275 e. The van der Waals surface area contributed by atoms with Crippen molar-refractivity contribution >= 4 is 23.2 Å². The summed E-state index contributed by atoms with van der Waals surface area (Å²) in [5.41, 5.74) is 0.0947. The predicted octanol–water partition coefficient (Wildman–Crippen LogP) is 2.06. The lowest BCUT2D eigenvalue weighted by Gasteiger charge is -2.22. The van der Waals surface area contributed by atoms with E-state index in [2.05, 4.69) is 10.2 Å². The molecule has 0 N–H and O–H groups in total. The van der Waals surface area contributed by atoms with Crippen molar-refractivity contribution in [2.45, 2.75) is 32.2 Å². The van der Waals surface area contributed by atoms with Crippen molar-refractivity contribution in [3.63, 3.8) is 0 Å². The molecule has 2 heterocycles. The van der Waals surface area contributed by atoms with Crippen molar-refractivity contribution in [2.75, 3.05) is 0 Å². The lowest BCUT2D eigenvalue weighted by atomic mass is 9.81. The van der Waals surface area contributed by atoms with Gasteiger partial charge in [-0.25, -0.2) is 0 Å². The third-order valence-corrected chi connectivity index (χ3v) is 4.62. The number of likely N-dealkylation sites (tertiary alicyclic amines) is 1. The van der Waals surface area contributed by atoms with E-state index in [0.29, 0.717) is 5.01 Å². The van der Waals surface area contributed by atoms with Crippen LogP contribution in [0, 0.1) is 6.92 Å². The maximum Gasteiger partial charge on any atom is 0.240 e. The molecule has 0 saturated carbocycles.